The number of carbonyl (C=O) groups excluding carboxylic acids is 2. The van der Waals surface area contributed by atoms with Gasteiger partial charge >= 0.3 is 0 Å². The van der Waals surface area contributed by atoms with Crippen LogP contribution in [0.5, 0.6) is 0 Å². The highest BCUT2D eigenvalue weighted by Crippen LogP contribution is 2.19. The molecule has 1 aliphatic heterocycles. The molecule has 110 valence electrons. The second kappa shape index (κ2) is 6.36. The van der Waals surface area contributed by atoms with E-state index in [-0.39, 0.29) is 11.8 Å². The van der Waals surface area contributed by atoms with Crippen LogP contribution in [0.25, 0.3) is 0 Å². The van der Waals surface area contributed by atoms with Gasteiger partial charge in [-0.2, -0.15) is 0 Å². The van der Waals surface area contributed by atoms with Crippen molar-refractivity contribution in [3.8, 4) is 0 Å². The molecule has 0 unspecified atom stereocenters. The fraction of sp³-hybridized carbons (Fsp3) is 0.833. The Bertz CT molecular complexity index is 437. The van der Waals surface area contributed by atoms with Gasteiger partial charge in [-0.3, -0.25) is 9.59 Å². The summed E-state index contributed by atoms with van der Waals surface area (Å²) in [6.07, 6.45) is 0.829. The van der Waals surface area contributed by atoms with Gasteiger partial charge in [-0.15, -0.1) is 0 Å². The van der Waals surface area contributed by atoms with Gasteiger partial charge < -0.3 is 10.2 Å². The van der Waals surface area contributed by atoms with Gasteiger partial charge in [0.2, 0.25) is 11.8 Å². The lowest BCUT2D eigenvalue weighted by Crippen LogP contribution is -2.45. The van der Waals surface area contributed by atoms with E-state index in [1.54, 1.807) is 4.90 Å². The molecule has 0 bridgehead atoms. The smallest absolute Gasteiger partial charge is 0.234 e. The van der Waals surface area contributed by atoms with Crippen molar-refractivity contribution < 1.29 is 18.0 Å². The summed E-state index contributed by atoms with van der Waals surface area (Å²) in [4.78, 5) is 24.7. The molecule has 7 heteroatoms. The fourth-order valence-corrected chi connectivity index (χ4v) is 3.85. The zero-order chi connectivity index (χ0) is 14.6. The van der Waals surface area contributed by atoms with Crippen molar-refractivity contribution in [1.29, 1.82) is 0 Å². The van der Waals surface area contributed by atoms with Crippen LogP contribution in [-0.4, -0.2) is 56.3 Å². The largest absolute Gasteiger partial charge is 0.358 e. The highest BCUT2D eigenvalue weighted by Gasteiger charge is 2.33. The number of nitrogens with one attached hydrogen (secondary N) is 1. The zero-order valence-corrected chi connectivity index (χ0v) is 12.5. The molecule has 1 heterocycles. The van der Waals surface area contributed by atoms with Gasteiger partial charge in [-0.1, -0.05) is 13.8 Å². The first kappa shape index (κ1) is 15.9. The lowest BCUT2D eigenvalue weighted by Gasteiger charge is -2.32. The Morgan fingerprint density at radius 3 is 2.21 bits per heavy atom. The number of rotatable bonds is 4. The monoisotopic (exact) mass is 290 g/mol. The minimum atomic E-state index is -3.41. The molecule has 1 saturated heterocycles. The molecule has 1 aliphatic rings. The van der Waals surface area contributed by atoms with Crippen molar-refractivity contribution >= 4 is 21.7 Å². The van der Waals surface area contributed by atoms with Gasteiger partial charge in [-0.25, -0.2) is 8.42 Å². The summed E-state index contributed by atoms with van der Waals surface area (Å²) >= 11 is 0. The average Bonchev–Trinajstić information content (AvgIpc) is 2.37. The second-order valence-electron chi connectivity index (χ2n) is 5.16. The van der Waals surface area contributed by atoms with Crippen LogP contribution in [0.2, 0.25) is 0 Å². The molecule has 1 fully saturated rings. The van der Waals surface area contributed by atoms with Crippen molar-refractivity contribution in [2.75, 3.05) is 25.9 Å². The van der Waals surface area contributed by atoms with Gasteiger partial charge in [0.25, 0.3) is 0 Å². The number of amides is 2. The third-order valence-corrected chi connectivity index (χ3v) is 5.52. The van der Waals surface area contributed by atoms with E-state index in [9.17, 15) is 18.0 Å². The Balaban J connectivity index is 2.58. The molecule has 0 aromatic heterocycles. The van der Waals surface area contributed by atoms with Crippen LogP contribution < -0.4 is 5.32 Å². The Labute approximate surface area is 114 Å². The van der Waals surface area contributed by atoms with Crippen LogP contribution in [0.1, 0.15) is 26.7 Å². The van der Waals surface area contributed by atoms with Gasteiger partial charge in [0.15, 0.2) is 9.84 Å². The lowest BCUT2D eigenvalue weighted by molar-refractivity contribution is -0.135. The predicted molar refractivity (Wildman–Crippen MR) is 72.3 cm³/mol. The molecule has 2 amide bonds. The Hall–Kier alpha value is -1.11. The molecule has 1 rings (SSSR count). The zero-order valence-electron chi connectivity index (χ0n) is 11.7. The van der Waals surface area contributed by atoms with Gasteiger partial charge in [0, 0.05) is 26.1 Å². The van der Waals surface area contributed by atoms with Gasteiger partial charge in [0.1, 0.15) is 5.75 Å². The normalized spacial score (nSPS) is 17.6. The van der Waals surface area contributed by atoms with Crippen LogP contribution in [0.4, 0.5) is 0 Å². The van der Waals surface area contributed by atoms with Gasteiger partial charge in [0.05, 0.1) is 5.25 Å². The summed E-state index contributed by atoms with van der Waals surface area (Å²) in [7, 11) is -2.00. The molecular formula is C12H22N2O4S. The molecule has 0 aliphatic carbocycles. The quantitative estimate of drug-likeness (QED) is 0.777. The molecule has 1 N–H and O–H groups in total. The van der Waals surface area contributed by atoms with Crippen molar-refractivity contribution in [2.45, 2.75) is 31.9 Å². The predicted octanol–water partition coefficient (Wildman–Crippen LogP) is -0.206. The minimum absolute atomic E-state index is 0.0575. The first-order valence-corrected chi connectivity index (χ1v) is 8.20. The average molecular weight is 290 g/mol. The van der Waals surface area contributed by atoms with Crippen LogP contribution in [0, 0.1) is 5.92 Å². The third kappa shape index (κ3) is 4.19. The molecule has 0 aromatic rings. The van der Waals surface area contributed by atoms with Crippen molar-refractivity contribution in [3.63, 3.8) is 0 Å². The van der Waals surface area contributed by atoms with Crippen LogP contribution in [-0.2, 0) is 19.4 Å². The summed E-state index contributed by atoms with van der Waals surface area (Å²) in [6.45, 7) is 4.57. The number of hydrogen-bond acceptors (Lipinski definition) is 4. The van der Waals surface area contributed by atoms with E-state index < -0.39 is 26.7 Å². The summed E-state index contributed by atoms with van der Waals surface area (Å²) in [5, 5.41) is 1.81. The van der Waals surface area contributed by atoms with E-state index in [1.165, 1.54) is 7.05 Å². The molecule has 0 aromatic carbocycles. The molecule has 6 nitrogen and oxygen atoms in total. The van der Waals surface area contributed by atoms with Crippen molar-refractivity contribution in [1.82, 2.24) is 10.2 Å². The van der Waals surface area contributed by atoms with E-state index in [1.807, 2.05) is 13.8 Å². The molecule has 19 heavy (non-hydrogen) atoms. The number of likely N-dealkylation sites (tertiary alicyclic amines) is 1. The van der Waals surface area contributed by atoms with E-state index in [4.69, 9.17) is 0 Å². The van der Waals surface area contributed by atoms with E-state index >= 15 is 0 Å². The Kier molecular flexibility index (Phi) is 5.34. The van der Waals surface area contributed by atoms with E-state index in [2.05, 4.69) is 5.32 Å². The number of nitrogens with zero attached hydrogens (tertiary/aromatic N) is 1. The minimum Gasteiger partial charge on any atom is -0.358 e. The maximum absolute atomic E-state index is 12.0. The second-order valence-corrected chi connectivity index (χ2v) is 7.44. The van der Waals surface area contributed by atoms with Crippen LogP contribution in [0.3, 0.4) is 0 Å². The topological polar surface area (TPSA) is 83.6 Å². The highest BCUT2D eigenvalue weighted by atomic mass is 32.2. The third-order valence-electron chi connectivity index (χ3n) is 3.37. The number of hydrogen-bond donors (Lipinski definition) is 1. The van der Waals surface area contributed by atoms with Crippen molar-refractivity contribution in [3.05, 3.63) is 0 Å². The molecular weight excluding hydrogens is 268 g/mol. The lowest BCUT2D eigenvalue weighted by atomic mass is 10.1. The van der Waals surface area contributed by atoms with Crippen molar-refractivity contribution in [2.24, 2.45) is 5.92 Å². The molecule has 0 radical (unpaired) electrons. The van der Waals surface area contributed by atoms with Crippen LogP contribution in [0.15, 0.2) is 0 Å². The standard InChI is InChI=1S/C12H22N2O4S/c1-9(2)12(16)14-6-4-10(5-7-14)19(17,18)8-11(15)13-3/h9-10H,4-8H2,1-3H3,(H,13,15). The fourth-order valence-electron chi connectivity index (χ4n) is 2.17. The summed E-state index contributed by atoms with van der Waals surface area (Å²) in [5.74, 6) is -0.964. The highest BCUT2D eigenvalue weighted by molar-refractivity contribution is 7.92. The maximum atomic E-state index is 12.0. The first-order chi connectivity index (χ1) is 8.77. The summed E-state index contributed by atoms with van der Waals surface area (Å²) < 4.78 is 24.0. The summed E-state index contributed by atoms with van der Waals surface area (Å²) in [6, 6.07) is 0. The number of piperidine rings is 1. The van der Waals surface area contributed by atoms with E-state index in [0.29, 0.717) is 25.9 Å². The molecule has 0 atom stereocenters. The Morgan fingerprint density at radius 1 is 1.26 bits per heavy atom. The molecule has 0 spiro atoms. The summed E-state index contributed by atoms with van der Waals surface area (Å²) in [5.41, 5.74) is 0. The maximum Gasteiger partial charge on any atom is 0.234 e. The number of sulfone groups is 1. The SMILES string of the molecule is CNC(=O)CS(=O)(=O)C1CCN(C(=O)C(C)C)CC1. The molecule has 0 saturated carbocycles. The Morgan fingerprint density at radius 2 is 1.79 bits per heavy atom. The van der Waals surface area contributed by atoms with Crippen LogP contribution >= 0.6 is 0 Å². The first-order valence-electron chi connectivity index (χ1n) is 6.49. The van der Waals surface area contributed by atoms with E-state index in [0.717, 1.165) is 0 Å². The number of carbonyl (C=O) groups is 2. The van der Waals surface area contributed by atoms with Gasteiger partial charge in [-0.05, 0) is 12.8 Å².